The van der Waals surface area contributed by atoms with Gasteiger partial charge in [-0.1, -0.05) is 0 Å². The monoisotopic (exact) mass is 244 g/mol. The smallest absolute Gasteiger partial charge is 0.240 e. The van der Waals surface area contributed by atoms with Crippen LogP contribution in [0, 0.1) is 0 Å². The zero-order valence-electron chi connectivity index (χ0n) is 9.99. The van der Waals surface area contributed by atoms with Crippen LogP contribution in [0.15, 0.2) is 0 Å². The summed E-state index contributed by atoms with van der Waals surface area (Å²) >= 11 is 5.86. The second-order valence-electron chi connectivity index (χ2n) is 4.94. The highest BCUT2D eigenvalue weighted by atomic mass is 35.5. The predicted molar refractivity (Wildman–Crippen MR) is 65.7 cm³/mol. The van der Waals surface area contributed by atoms with Crippen LogP contribution in [0.2, 0.25) is 0 Å². The van der Waals surface area contributed by atoms with Gasteiger partial charge in [0, 0.05) is 19.1 Å². The Kier molecular flexibility index (Phi) is 4.09. The normalized spacial score (nSPS) is 29.4. The van der Waals surface area contributed by atoms with Crippen molar-refractivity contribution in [3.63, 3.8) is 0 Å². The Bertz CT molecular complexity index is 251. The molecule has 1 amide bonds. The lowest BCUT2D eigenvalue weighted by Crippen LogP contribution is -2.50. The minimum absolute atomic E-state index is 0.102. The third-order valence-electron chi connectivity index (χ3n) is 3.71. The lowest BCUT2D eigenvalue weighted by atomic mass is 10.0. The van der Waals surface area contributed by atoms with Gasteiger partial charge >= 0.3 is 0 Å². The molecular formula is C12H21ClN2O. The maximum atomic E-state index is 11.8. The van der Waals surface area contributed by atoms with E-state index in [4.69, 9.17) is 11.6 Å². The molecule has 0 bridgehead atoms. The Morgan fingerprint density at radius 2 is 1.94 bits per heavy atom. The molecule has 0 spiro atoms. The fourth-order valence-corrected chi connectivity index (χ4v) is 2.95. The molecule has 2 atom stereocenters. The topological polar surface area (TPSA) is 23.6 Å². The van der Waals surface area contributed by atoms with Crippen molar-refractivity contribution in [1.82, 2.24) is 9.80 Å². The first kappa shape index (κ1) is 12.2. The molecule has 0 N–H and O–H groups in total. The van der Waals surface area contributed by atoms with Gasteiger partial charge in [0.25, 0.3) is 0 Å². The summed E-state index contributed by atoms with van der Waals surface area (Å²) < 4.78 is 0. The summed E-state index contributed by atoms with van der Waals surface area (Å²) in [6.45, 7) is 5.96. The first-order valence-corrected chi connectivity index (χ1v) is 6.79. The molecule has 2 rings (SSSR count). The van der Waals surface area contributed by atoms with E-state index in [1.165, 1.54) is 32.4 Å². The number of alkyl halides is 1. The number of carbonyl (C=O) groups is 1. The van der Waals surface area contributed by atoms with Crippen LogP contribution in [0.4, 0.5) is 0 Å². The Labute approximate surface area is 103 Å². The molecule has 2 aliphatic rings. The molecule has 4 heteroatoms. The van der Waals surface area contributed by atoms with Crippen molar-refractivity contribution < 1.29 is 4.79 Å². The third-order valence-corrected chi connectivity index (χ3v) is 3.89. The summed E-state index contributed by atoms with van der Waals surface area (Å²) in [5.74, 6) is 0.102. The Balaban J connectivity index is 1.90. The Hall–Kier alpha value is -0.280. The van der Waals surface area contributed by atoms with Crippen LogP contribution >= 0.6 is 11.6 Å². The van der Waals surface area contributed by atoms with Crippen molar-refractivity contribution in [1.29, 1.82) is 0 Å². The zero-order chi connectivity index (χ0) is 11.5. The SMILES string of the molecule is CC(Cl)C(=O)N1CCCC(N2CCCC2)C1. The van der Waals surface area contributed by atoms with E-state index in [1.807, 2.05) is 4.90 Å². The fourth-order valence-electron chi connectivity index (χ4n) is 2.81. The summed E-state index contributed by atoms with van der Waals surface area (Å²) in [5.41, 5.74) is 0. The third kappa shape index (κ3) is 2.69. The quantitative estimate of drug-likeness (QED) is 0.691. The van der Waals surface area contributed by atoms with Gasteiger partial charge in [0.2, 0.25) is 5.91 Å². The molecule has 2 unspecified atom stereocenters. The van der Waals surface area contributed by atoms with Crippen LogP contribution < -0.4 is 0 Å². The largest absolute Gasteiger partial charge is 0.340 e. The highest BCUT2D eigenvalue weighted by molar-refractivity contribution is 6.30. The van der Waals surface area contributed by atoms with E-state index in [0.29, 0.717) is 6.04 Å². The van der Waals surface area contributed by atoms with Gasteiger partial charge < -0.3 is 4.90 Å². The van der Waals surface area contributed by atoms with E-state index in [2.05, 4.69) is 4.90 Å². The highest BCUT2D eigenvalue weighted by Gasteiger charge is 2.30. The molecule has 2 aliphatic heterocycles. The molecule has 92 valence electrons. The first-order chi connectivity index (χ1) is 7.68. The number of rotatable bonds is 2. The minimum atomic E-state index is -0.377. The van der Waals surface area contributed by atoms with E-state index in [1.54, 1.807) is 6.92 Å². The number of amides is 1. The van der Waals surface area contributed by atoms with Gasteiger partial charge in [-0.05, 0) is 45.7 Å². The van der Waals surface area contributed by atoms with E-state index >= 15 is 0 Å². The molecule has 2 fully saturated rings. The molecule has 2 heterocycles. The van der Waals surface area contributed by atoms with E-state index < -0.39 is 0 Å². The molecular weight excluding hydrogens is 224 g/mol. The Morgan fingerprint density at radius 3 is 2.56 bits per heavy atom. The summed E-state index contributed by atoms with van der Waals surface area (Å²) in [4.78, 5) is 16.3. The van der Waals surface area contributed by atoms with Crippen molar-refractivity contribution >= 4 is 17.5 Å². The average Bonchev–Trinajstić information content (AvgIpc) is 2.81. The summed E-state index contributed by atoms with van der Waals surface area (Å²) in [6.07, 6.45) is 4.99. The first-order valence-electron chi connectivity index (χ1n) is 6.35. The van der Waals surface area contributed by atoms with Crippen molar-refractivity contribution in [2.75, 3.05) is 26.2 Å². The highest BCUT2D eigenvalue weighted by Crippen LogP contribution is 2.21. The molecule has 0 radical (unpaired) electrons. The van der Waals surface area contributed by atoms with Gasteiger partial charge in [-0.3, -0.25) is 9.69 Å². The van der Waals surface area contributed by atoms with Crippen LogP contribution in [-0.2, 0) is 4.79 Å². The van der Waals surface area contributed by atoms with Gasteiger partial charge in [0.15, 0.2) is 0 Å². The number of likely N-dealkylation sites (tertiary alicyclic amines) is 2. The van der Waals surface area contributed by atoms with Crippen LogP contribution in [-0.4, -0.2) is 53.3 Å². The summed E-state index contributed by atoms with van der Waals surface area (Å²) in [5, 5.41) is -0.377. The summed E-state index contributed by atoms with van der Waals surface area (Å²) in [6, 6.07) is 0.579. The predicted octanol–water partition coefficient (Wildman–Crippen LogP) is 1.70. The second-order valence-corrected chi connectivity index (χ2v) is 5.59. The molecule has 3 nitrogen and oxygen atoms in total. The summed E-state index contributed by atoms with van der Waals surface area (Å²) in [7, 11) is 0. The van der Waals surface area contributed by atoms with Gasteiger partial charge in [0.05, 0.1) is 0 Å². The van der Waals surface area contributed by atoms with Crippen LogP contribution in [0.3, 0.4) is 0 Å². The maximum Gasteiger partial charge on any atom is 0.240 e. The molecule has 0 aromatic heterocycles. The van der Waals surface area contributed by atoms with Gasteiger partial charge in [-0.2, -0.15) is 0 Å². The lowest BCUT2D eigenvalue weighted by Gasteiger charge is -2.38. The van der Waals surface area contributed by atoms with Crippen molar-refractivity contribution in [2.24, 2.45) is 0 Å². The number of nitrogens with zero attached hydrogens (tertiary/aromatic N) is 2. The zero-order valence-corrected chi connectivity index (χ0v) is 10.7. The van der Waals surface area contributed by atoms with E-state index in [-0.39, 0.29) is 11.3 Å². The second kappa shape index (κ2) is 5.37. The van der Waals surface area contributed by atoms with Crippen molar-refractivity contribution in [3.05, 3.63) is 0 Å². The van der Waals surface area contributed by atoms with Crippen molar-refractivity contribution in [2.45, 2.75) is 44.0 Å². The Morgan fingerprint density at radius 1 is 1.25 bits per heavy atom. The van der Waals surface area contributed by atoms with Crippen LogP contribution in [0.1, 0.15) is 32.6 Å². The number of halogens is 1. The molecule has 0 aromatic carbocycles. The molecule has 0 aliphatic carbocycles. The fraction of sp³-hybridized carbons (Fsp3) is 0.917. The maximum absolute atomic E-state index is 11.8. The van der Waals surface area contributed by atoms with Gasteiger partial charge in [0.1, 0.15) is 5.38 Å². The number of carbonyl (C=O) groups excluding carboxylic acids is 1. The van der Waals surface area contributed by atoms with Gasteiger partial charge in [-0.25, -0.2) is 0 Å². The average molecular weight is 245 g/mol. The van der Waals surface area contributed by atoms with E-state index in [9.17, 15) is 4.79 Å². The molecule has 2 saturated heterocycles. The number of hydrogen-bond acceptors (Lipinski definition) is 2. The molecule has 0 saturated carbocycles. The lowest BCUT2D eigenvalue weighted by molar-refractivity contribution is -0.132. The number of piperidine rings is 1. The van der Waals surface area contributed by atoms with Crippen LogP contribution in [0.25, 0.3) is 0 Å². The number of hydrogen-bond donors (Lipinski definition) is 0. The standard InChI is InChI=1S/C12H21ClN2O/c1-10(13)12(16)15-8-4-5-11(9-15)14-6-2-3-7-14/h10-11H,2-9H2,1H3. The molecule has 0 aromatic rings. The molecule has 16 heavy (non-hydrogen) atoms. The minimum Gasteiger partial charge on any atom is -0.340 e. The van der Waals surface area contributed by atoms with E-state index in [0.717, 1.165) is 19.5 Å². The van der Waals surface area contributed by atoms with Crippen molar-refractivity contribution in [3.8, 4) is 0 Å². The van der Waals surface area contributed by atoms with Gasteiger partial charge in [-0.15, -0.1) is 11.6 Å². The van der Waals surface area contributed by atoms with Crippen LogP contribution in [0.5, 0.6) is 0 Å².